The highest BCUT2D eigenvalue weighted by Gasteiger charge is 2.22. The van der Waals surface area contributed by atoms with Crippen LogP contribution >= 0.6 is 0 Å². The van der Waals surface area contributed by atoms with E-state index in [2.05, 4.69) is 24.1 Å². The lowest BCUT2D eigenvalue weighted by Crippen LogP contribution is -2.47. The van der Waals surface area contributed by atoms with Gasteiger partial charge in [0.1, 0.15) is 0 Å². The predicted octanol–water partition coefficient (Wildman–Crippen LogP) is 1.32. The Kier molecular flexibility index (Phi) is 5.64. The molecule has 1 N–H and O–H groups in total. The number of amides is 1. The molecular weight excluding hydrogens is 238 g/mol. The van der Waals surface area contributed by atoms with Crippen molar-refractivity contribution >= 4 is 5.91 Å². The number of hydrogen-bond donors (Lipinski definition) is 1. The number of piperazine rings is 1. The molecule has 2 aliphatic rings. The smallest absolute Gasteiger partial charge is 0.223 e. The summed E-state index contributed by atoms with van der Waals surface area (Å²) in [7, 11) is 0. The van der Waals surface area contributed by atoms with Gasteiger partial charge >= 0.3 is 0 Å². The van der Waals surface area contributed by atoms with Gasteiger partial charge in [-0.1, -0.05) is 13.3 Å². The van der Waals surface area contributed by atoms with E-state index in [1.165, 1.54) is 19.3 Å². The number of nitrogens with zero attached hydrogens (tertiary/aromatic N) is 2. The van der Waals surface area contributed by atoms with Crippen molar-refractivity contribution in [3.8, 4) is 0 Å². The minimum absolute atomic E-state index is 0.339. The zero-order chi connectivity index (χ0) is 13.7. The van der Waals surface area contributed by atoms with E-state index >= 15 is 0 Å². The van der Waals surface area contributed by atoms with Gasteiger partial charge in [0.2, 0.25) is 5.91 Å². The lowest BCUT2D eigenvalue weighted by Gasteiger charge is -2.31. The highest BCUT2D eigenvalue weighted by molar-refractivity contribution is 5.76. The summed E-state index contributed by atoms with van der Waals surface area (Å²) in [5.74, 6) is 1.12. The van der Waals surface area contributed by atoms with Crippen LogP contribution in [-0.2, 0) is 4.79 Å². The van der Waals surface area contributed by atoms with Crippen molar-refractivity contribution in [1.29, 1.82) is 0 Å². The summed E-state index contributed by atoms with van der Waals surface area (Å²) >= 11 is 0. The Labute approximate surface area is 117 Å². The highest BCUT2D eigenvalue weighted by Crippen LogP contribution is 2.20. The third kappa shape index (κ3) is 4.46. The third-order valence-corrected chi connectivity index (χ3v) is 4.57. The van der Waals surface area contributed by atoms with Crippen LogP contribution in [0.25, 0.3) is 0 Å². The van der Waals surface area contributed by atoms with Crippen LogP contribution in [0.4, 0.5) is 0 Å². The molecule has 2 saturated heterocycles. The maximum atomic E-state index is 12.2. The van der Waals surface area contributed by atoms with Crippen molar-refractivity contribution in [3.05, 3.63) is 0 Å². The first kappa shape index (κ1) is 14.8. The van der Waals surface area contributed by atoms with Crippen molar-refractivity contribution in [3.63, 3.8) is 0 Å². The van der Waals surface area contributed by atoms with E-state index in [0.717, 1.165) is 45.2 Å². The number of carbonyl (C=O) groups is 1. The number of nitrogens with one attached hydrogen (secondary N) is 1. The predicted molar refractivity (Wildman–Crippen MR) is 78.1 cm³/mol. The van der Waals surface area contributed by atoms with Gasteiger partial charge in [0.25, 0.3) is 0 Å². The fourth-order valence-electron chi connectivity index (χ4n) is 3.24. The van der Waals surface area contributed by atoms with E-state index in [4.69, 9.17) is 0 Å². The van der Waals surface area contributed by atoms with Crippen molar-refractivity contribution in [2.75, 3.05) is 39.3 Å². The van der Waals surface area contributed by atoms with E-state index < -0.39 is 0 Å². The minimum Gasteiger partial charge on any atom is -0.340 e. The van der Waals surface area contributed by atoms with E-state index in [1.54, 1.807) is 0 Å². The summed E-state index contributed by atoms with van der Waals surface area (Å²) < 4.78 is 0. The molecule has 2 atom stereocenters. The number of likely N-dealkylation sites (tertiary alicyclic amines) is 1. The van der Waals surface area contributed by atoms with Gasteiger partial charge in [-0.3, -0.25) is 9.69 Å². The summed E-state index contributed by atoms with van der Waals surface area (Å²) in [6, 6.07) is 0.640. The Morgan fingerprint density at radius 1 is 1.21 bits per heavy atom. The van der Waals surface area contributed by atoms with Gasteiger partial charge in [-0.15, -0.1) is 0 Å². The van der Waals surface area contributed by atoms with Crippen LogP contribution in [0, 0.1) is 5.92 Å². The van der Waals surface area contributed by atoms with Crippen molar-refractivity contribution in [2.24, 2.45) is 5.92 Å². The summed E-state index contributed by atoms with van der Waals surface area (Å²) in [6.45, 7) is 10.4. The van der Waals surface area contributed by atoms with Gasteiger partial charge in [0.05, 0.1) is 0 Å². The maximum Gasteiger partial charge on any atom is 0.223 e. The average molecular weight is 267 g/mol. The molecule has 2 unspecified atom stereocenters. The first-order valence-corrected chi connectivity index (χ1v) is 7.89. The molecule has 110 valence electrons. The van der Waals surface area contributed by atoms with Crippen LogP contribution in [0.3, 0.4) is 0 Å². The van der Waals surface area contributed by atoms with Crippen LogP contribution in [0.5, 0.6) is 0 Å². The zero-order valence-electron chi connectivity index (χ0n) is 12.5. The topological polar surface area (TPSA) is 35.6 Å². The molecular formula is C15H29N3O. The molecule has 0 aromatic heterocycles. The molecule has 2 rings (SSSR count). The van der Waals surface area contributed by atoms with Gasteiger partial charge in [-0.05, 0) is 25.7 Å². The average Bonchev–Trinajstić information content (AvgIpc) is 2.58. The fraction of sp³-hybridized carbons (Fsp3) is 0.933. The second-order valence-electron chi connectivity index (χ2n) is 6.26. The van der Waals surface area contributed by atoms with Crippen LogP contribution in [-0.4, -0.2) is 61.0 Å². The maximum absolute atomic E-state index is 12.2. The third-order valence-electron chi connectivity index (χ3n) is 4.57. The second kappa shape index (κ2) is 7.25. The molecule has 0 spiro atoms. The Bertz CT molecular complexity index is 289. The Balaban J connectivity index is 1.77. The van der Waals surface area contributed by atoms with Crippen LogP contribution < -0.4 is 5.32 Å². The van der Waals surface area contributed by atoms with Crippen molar-refractivity contribution in [1.82, 2.24) is 15.1 Å². The van der Waals surface area contributed by atoms with Crippen LogP contribution in [0.15, 0.2) is 0 Å². The standard InChI is InChI=1S/C15H29N3O/c1-13-4-3-5-14(2)18(12-13)9-6-15(19)17-10-7-16-8-11-17/h13-14,16H,3-12H2,1-2H3. The van der Waals surface area contributed by atoms with Gasteiger partial charge in [-0.2, -0.15) is 0 Å². The zero-order valence-corrected chi connectivity index (χ0v) is 12.5. The summed E-state index contributed by atoms with van der Waals surface area (Å²) in [5, 5.41) is 3.29. The molecule has 2 heterocycles. The quantitative estimate of drug-likeness (QED) is 0.838. The molecule has 19 heavy (non-hydrogen) atoms. The number of hydrogen-bond acceptors (Lipinski definition) is 3. The molecule has 4 nitrogen and oxygen atoms in total. The Hall–Kier alpha value is -0.610. The van der Waals surface area contributed by atoms with Gasteiger partial charge in [0, 0.05) is 51.7 Å². The first-order chi connectivity index (χ1) is 9.16. The second-order valence-corrected chi connectivity index (χ2v) is 6.26. The van der Waals surface area contributed by atoms with E-state index in [0.29, 0.717) is 18.4 Å². The number of carbonyl (C=O) groups excluding carboxylic acids is 1. The molecule has 4 heteroatoms. The normalized spacial score (nSPS) is 30.1. The van der Waals surface area contributed by atoms with Gasteiger partial charge in [-0.25, -0.2) is 0 Å². The van der Waals surface area contributed by atoms with Crippen molar-refractivity contribution < 1.29 is 4.79 Å². The van der Waals surface area contributed by atoms with E-state index in [-0.39, 0.29) is 0 Å². The highest BCUT2D eigenvalue weighted by atomic mass is 16.2. The van der Waals surface area contributed by atoms with E-state index in [1.807, 2.05) is 4.90 Å². The largest absolute Gasteiger partial charge is 0.340 e. The molecule has 0 saturated carbocycles. The Morgan fingerprint density at radius 2 is 1.95 bits per heavy atom. The lowest BCUT2D eigenvalue weighted by molar-refractivity contribution is -0.132. The monoisotopic (exact) mass is 267 g/mol. The molecule has 2 aliphatic heterocycles. The molecule has 0 aromatic rings. The summed E-state index contributed by atoms with van der Waals surface area (Å²) in [5.41, 5.74) is 0. The van der Waals surface area contributed by atoms with Crippen molar-refractivity contribution in [2.45, 2.75) is 45.6 Å². The molecule has 0 aromatic carbocycles. The fourth-order valence-corrected chi connectivity index (χ4v) is 3.24. The lowest BCUT2D eigenvalue weighted by atomic mass is 10.1. The molecule has 0 bridgehead atoms. The molecule has 0 radical (unpaired) electrons. The SMILES string of the molecule is CC1CCCC(C)N(CCC(=O)N2CCNCC2)C1. The number of rotatable bonds is 3. The summed E-state index contributed by atoms with van der Waals surface area (Å²) in [6.07, 6.45) is 4.65. The molecule has 0 aliphatic carbocycles. The van der Waals surface area contributed by atoms with Crippen LogP contribution in [0.1, 0.15) is 39.5 Å². The minimum atomic E-state index is 0.339. The molecule has 2 fully saturated rings. The van der Waals surface area contributed by atoms with Gasteiger partial charge in [0.15, 0.2) is 0 Å². The van der Waals surface area contributed by atoms with E-state index in [9.17, 15) is 4.79 Å². The van der Waals surface area contributed by atoms with Crippen LogP contribution in [0.2, 0.25) is 0 Å². The molecule has 1 amide bonds. The first-order valence-electron chi connectivity index (χ1n) is 7.89. The summed E-state index contributed by atoms with van der Waals surface area (Å²) in [4.78, 5) is 16.7. The Morgan fingerprint density at radius 3 is 2.68 bits per heavy atom. The van der Waals surface area contributed by atoms with Gasteiger partial charge < -0.3 is 10.2 Å².